The molecule has 0 bridgehead atoms. The van der Waals surface area contributed by atoms with Crippen LogP contribution in [0.15, 0.2) is 0 Å². The molecule has 0 N–H and O–H groups in total. The molecule has 0 heterocycles. The molecule has 67 valence electrons. The molecule has 0 aliphatic rings. The Kier molecular flexibility index (Phi) is 696. The zero-order valence-corrected chi connectivity index (χ0v) is 9.13. The van der Waals surface area contributed by atoms with E-state index in [0.717, 1.165) is 0 Å². The van der Waals surface area contributed by atoms with Gasteiger partial charge in [0.25, 0.3) is 0 Å². The van der Waals surface area contributed by atoms with Crippen LogP contribution < -0.4 is 0 Å². The number of halogens is 6. The van der Waals surface area contributed by atoms with E-state index >= 15 is 0 Å². The summed E-state index contributed by atoms with van der Waals surface area (Å²) in [7, 11) is 0. The van der Waals surface area contributed by atoms with Gasteiger partial charge in [0.1, 0.15) is 0 Å². The van der Waals surface area contributed by atoms with E-state index < -0.39 is 0 Å². The third kappa shape index (κ3) is 59.7. The van der Waals surface area contributed by atoms with Crippen molar-refractivity contribution in [3.63, 3.8) is 0 Å². The molecule has 0 spiro atoms. The molecule has 0 nitrogen and oxygen atoms in total. The zero-order valence-electron chi connectivity index (χ0n) is 2.75. The first-order chi connectivity index (χ1) is 0. The summed E-state index contributed by atoms with van der Waals surface area (Å²) in [6, 6.07) is 0. The molecule has 0 rings (SSSR count). The molecule has 0 unspecified atom stereocenters. The fraction of sp³-hybridized carbons (Fsp3) is 0. The van der Waals surface area contributed by atoms with Crippen molar-refractivity contribution in [2.45, 2.75) is 0 Å². The van der Waals surface area contributed by atoms with Gasteiger partial charge in [-0.3, -0.25) is 0 Å². The maximum absolute atomic E-state index is 0. The first kappa shape index (κ1) is 88.6. The molecule has 0 aromatic rings. The Bertz CT molecular complexity index is 13.0. The third-order valence-corrected chi connectivity index (χ3v) is 0. The number of hydrogen-bond acceptors (Lipinski definition) is 0. The van der Waals surface area contributed by atoms with E-state index in [-0.39, 0.29) is 192 Å². The molecule has 0 aliphatic heterocycles. The van der Waals surface area contributed by atoms with Crippen LogP contribution in [0.25, 0.3) is 0 Å². The average Bonchev–Trinajstić information content (AvgIpc) is 0. The first-order valence-corrected chi connectivity index (χ1v) is 0. The van der Waals surface area contributed by atoms with Crippen molar-refractivity contribution in [1.29, 1.82) is 0 Å². The molecule has 9 heteroatoms. The minimum atomic E-state index is 0. The molecular formula is H10AgCl6CsIn. The molecule has 0 fully saturated rings. The molecule has 0 aliphatic carbocycles. The predicted octanol–water partition coefficient (Wildman–Crippen LogP) is 0.696. The van der Waals surface area contributed by atoms with Gasteiger partial charge in [-0.2, -0.15) is 0 Å². The summed E-state index contributed by atoms with van der Waals surface area (Å²) < 4.78 is 0. The molecule has 0 saturated carbocycles. The number of hydrogen-bond donors (Lipinski definition) is 0. The Morgan fingerprint density at radius 2 is 0.444 bits per heavy atom. The van der Waals surface area contributed by atoms with Gasteiger partial charge in [-0.1, -0.05) is 0 Å². The van der Waals surface area contributed by atoms with E-state index in [0.29, 0.717) is 0 Å². The van der Waals surface area contributed by atoms with Crippen LogP contribution in [0.5, 0.6) is 0 Å². The Hall–Kier alpha value is 5.40. The van der Waals surface area contributed by atoms with Crippen molar-refractivity contribution in [3.05, 3.63) is 0 Å². The predicted molar refractivity (Wildman–Crippen MR) is 60.6 cm³/mol. The van der Waals surface area contributed by atoms with Gasteiger partial charge in [-0.05, 0) is 0 Å². The molecule has 0 atom stereocenters. The van der Waals surface area contributed by atoms with Crippen molar-refractivity contribution in [1.82, 2.24) is 0 Å². The van der Waals surface area contributed by atoms with Gasteiger partial charge in [-0.15, -0.1) is 74.4 Å². The fourth-order valence-corrected chi connectivity index (χ4v) is 0. The van der Waals surface area contributed by atoms with Crippen molar-refractivity contribution in [2.24, 2.45) is 0 Å². The quantitative estimate of drug-likeness (QED) is 0.372. The molecule has 9 heavy (non-hydrogen) atoms. The summed E-state index contributed by atoms with van der Waals surface area (Å²) in [5.41, 5.74) is 0. The Labute approximate surface area is 186 Å². The first-order valence-electron chi connectivity index (χ1n) is 0. The maximum atomic E-state index is 0. The van der Waals surface area contributed by atoms with Gasteiger partial charge in [0.2, 0.25) is 0 Å². The second-order valence-electron chi connectivity index (χ2n) is 0. The number of rotatable bonds is 0. The Morgan fingerprint density at radius 3 is 0.444 bits per heavy atom. The molecule has 0 amide bonds. The molecule has 0 aromatic heterocycles. The summed E-state index contributed by atoms with van der Waals surface area (Å²) in [5, 5.41) is 0. The van der Waals surface area contributed by atoms with E-state index in [1.807, 2.05) is 0 Å². The molecule has 0 saturated heterocycles. The standard InChI is InChI=1S/Ag.6ClH.Cs.In.4H/h;6*1H;;;;;;. The summed E-state index contributed by atoms with van der Waals surface area (Å²) >= 11 is 0. The van der Waals surface area contributed by atoms with E-state index in [1.54, 1.807) is 0 Å². The summed E-state index contributed by atoms with van der Waals surface area (Å²) in [5.74, 6) is 0. The van der Waals surface area contributed by atoms with Crippen molar-refractivity contribution < 1.29 is 22.4 Å². The summed E-state index contributed by atoms with van der Waals surface area (Å²) in [6.45, 7) is 0. The Morgan fingerprint density at radius 1 is 0.444 bits per heavy atom. The topological polar surface area (TPSA) is 0 Å². The SMILES string of the molecule is Cl.Cl.Cl.Cl.Cl.Cl.[Ag].[CsH].[InH3]. The minimum absolute atomic E-state index is 0. The summed E-state index contributed by atoms with van der Waals surface area (Å²) in [6.07, 6.45) is 0. The fourth-order valence-electron chi connectivity index (χ4n) is 0. The Balaban J connectivity index is 0. The van der Waals surface area contributed by atoms with E-state index in [4.69, 9.17) is 0 Å². The van der Waals surface area contributed by atoms with Crippen LogP contribution in [0.1, 0.15) is 0 Å². The van der Waals surface area contributed by atoms with Crippen LogP contribution in [0.3, 0.4) is 0 Å². The van der Waals surface area contributed by atoms with E-state index in [2.05, 4.69) is 0 Å². The van der Waals surface area contributed by atoms with Gasteiger partial charge >= 0.3 is 94.7 Å². The van der Waals surface area contributed by atoms with Crippen molar-refractivity contribution in [2.75, 3.05) is 0 Å². The van der Waals surface area contributed by atoms with Gasteiger partial charge in [-0.25, -0.2) is 0 Å². The van der Waals surface area contributed by atoms with Crippen LogP contribution in [0.2, 0.25) is 0 Å². The van der Waals surface area contributed by atoms with Gasteiger partial charge in [0.05, 0.1) is 0 Å². The molecule has 1 radical (unpaired) electrons. The van der Waals surface area contributed by atoms with Crippen LogP contribution in [-0.2, 0) is 22.4 Å². The van der Waals surface area contributed by atoms with Crippen molar-refractivity contribution >= 4 is 169 Å². The average molecular weight is 578 g/mol. The molecule has 0 aromatic carbocycles. The zero-order chi connectivity index (χ0) is 0. The van der Waals surface area contributed by atoms with Crippen LogP contribution in [-0.4, -0.2) is 94.7 Å². The summed E-state index contributed by atoms with van der Waals surface area (Å²) in [4.78, 5) is 0. The monoisotopic (exact) mass is 575 g/mol. The van der Waals surface area contributed by atoms with Gasteiger partial charge in [0, 0.05) is 22.4 Å². The van der Waals surface area contributed by atoms with E-state index in [1.165, 1.54) is 0 Å². The van der Waals surface area contributed by atoms with Gasteiger partial charge < -0.3 is 0 Å². The van der Waals surface area contributed by atoms with E-state index in [9.17, 15) is 0 Å². The second kappa shape index (κ2) is 70.6. The van der Waals surface area contributed by atoms with Crippen LogP contribution in [0, 0.1) is 0 Å². The van der Waals surface area contributed by atoms with Crippen molar-refractivity contribution in [3.8, 4) is 0 Å². The third-order valence-electron chi connectivity index (χ3n) is 0. The van der Waals surface area contributed by atoms with Gasteiger partial charge in [0.15, 0.2) is 0 Å². The normalized spacial score (nSPS) is 0. The van der Waals surface area contributed by atoms with Crippen LogP contribution >= 0.6 is 74.4 Å². The molecular weight excluding hydrogens is 568 g/mol. The second-order valence-corrected chi connectivity index (χ2v) is 0. The van der Waals surface area contributed by atoms with Crippen LogP contribution in [0.4, 0.5) is 0 Å².